The first-order chi connectivity index (χ1) is 9.60. The number of benzene rings is 1. The zero-order valence-electron chi connectivity index (χ0n) is 10.5. The van der Waals surface area contributed by atoms with Crippen molar-refractivity contribution < 1.29 is 13.5 Å². The summed E-state index contributed by atoms with van der Waals surface area (Å²) in [5, 5.41) is 2.29. The number of anilines is 2. The molecule has 0 aliphatic heterocycles. The van der Waals surface area contributed by atoms with Gasteiger partial charge < -0.3 is 10.1 Å². The van der Waals surface area contributed by atoms with Crippen LogP contribution in [0.15, 0.2) is 18.2 Å². The van der Waals surface area contributed by atoms with Crippen LogP contribution in [0.4, 0.5) is 20.4 Å². The van der Waals surface area contributed by atoms with Crippen LogP contribution in [0.5, 0.6) is 6.01 Å². The van der Waals surface area contributed by atoms with Crippen LogP contribution in [0, 0.1) is 11.6 Å². The normalized spacial score (nSPS) is 10.4. The first kappa shape index (κ1) is 14.4. The van der Waals surface area contributed by atoms with E-state index in [0.29, 0.717) is 6.61 Å². The lowest BCUT2D eigenvalue weighted by Crippen LogP contribution is -2.06. The van der Waals surface area contributed by atoms with Crippen molar-refractivity contribution in [2.24, 2.45) is 0 Å². The van der Waals surface area contributed by atoms with Gasteiger partial charge in [0.05, 0.1) is 6.61 Å². The Bertz CT molecular complexity index is 592. The van der Waals surface area contributed by atoms with E-state index < -0.39 is 11.6 Å². The van der Waals surface area contributed by atoms with Crippen molar-refractivity contribution in [3.8, 4) is 6.01 Å². The van der Waals surface area contributed by atoms with Gasteiger partial charge in [0, 0.05) is 0 Å². The van der Waals surface area contributed by atoms with Crippen molar-refractivity contribution in [2.45, 2.75) is 13.3 Å². The van der Waals surface area contributed by atoms with E-state index in [9.17, 15) is 8.78 Å². The van der Waals surface area contributed by atoms with E-state index in [2.05, 4.69) is 20.3 Å². The standard InChI is InChI=1S/C12H11ClF2N4O/c1-2-6-20-12-18-10(13)17-11(19-12)16-9-7(14)4-3-5-8(9)15/h3-5H,2,6H2,1H3,(H,16,17,18,19). The van der Waals surface area contributed by atoms with E-state index in [-0.39, 0.29) is 22.9 Å². The Hall–Kier alpha value is -2.02. The van der Waals surface area contributed by atoms with Crippen LogP contribution < -0.4 is 10.1 Å². The Morgan fingerprint density at radius 2 is 1.90 bits per heavy atom. The molecule has 0 unspecified atom stereocenters. The molecule has 2 aromatic rings. The molecule has 0 radical (unpaired) electrons. The van der Waals surface area contributed by atoms with Gasteiger partial charge in [0.2, 0.25) is 11.2 Å². The van der Waals surface area contributed by atoms with E-state index in [1.54, 1.807) is 0 Å². The molecule has 1 heterocycles. The van der Waals surface area contributed by atoms with Gasteiger partial charge in [0.15, 0.2) is 0 Å². The SMILES string of the molecule is CCCOc1nc(Cl)nc(Nc2c(F)cccc2F)n1. The van der Waals surface area contributed by atoms with Gasteiger partial charge in [-0.2, -0.15) is 15.0 Å². The second kappa shape index (κ2) is 6.42. The molecule has 0 saturated heterocycles. The molecule has 0 bridgehead atoms. The summed E-state index contributed by atoms with van der Waals surface area (Å²) in [6.07, 6.45) is 0.758. The summed E-state index contributed by atoms with van der Waals surface area (Å²) in [6.45, 7) is 2.31. The maximum atomic E-state index is 13.5. The van der Waals surface area contributed by atoms with Crippen molar-refractivity contribution >= 4 is 23.2 Å². The van der Waals surface area contributed by atoms with Crippen LogP contribution in [-0.2, 0) is 0 Å². The molecular formula is C12H11ClF2N4O. The first-order valence-electron chi connectivity index (χ1n) is 5.85. The zero-order valence-corrected chi connectivity index (χ0v) is 11.3. The van der Waals surface area contributed by atoms with Gasteiger partial charge in [-0.1, -0.05) is 13.0 Å². The highest BCUT2D eigenvalue weighted by atomic mass is 35.5. The van der Waals surface area contributed by atoms with Crippen LogP contribution in [0.2, 0.25) is 5.28 Å². The van der Waals surface area contributed by atoms with Crippen LogP contribution >= 0.6 is 11.6 Å². The molecule has 8 heteroatoms. The number of halogens is 3. The highest BCUT2D eigenvalue weighted by Crippen LogP contribution is 2.22. The third-order valence-electron chi connectivity index (χ3n) is 2.22. The Morgan fingerprint density at radius 1 is 1.20 bits per heavy atom. The molecule has 0 amide bonds. The van der Waals surface area contributed by atoms with Crippen molar-refractivity contribution in [1.29, 1.82) is 0 Å². The van der Waals surface area contributed by atoms with E-state index in [1.165, 1.54) is 6.07 Å². The van der Waals surface area contributed by atoms with Gasteiger partial charge in [0.25, 0.3) is 0 Å². The van der Waals surface area contributed by atoms with Gasteiger partial charge in [-0.3, -0.25) is 0 Å². The Labute approximate surface area is 119 Å². The summed E-state index contributed by atoms with van der Waals surface area (Å²) in [4.78, 5) is 11.4. The number of rotatable bonds is 5. The van der Waals surface area contributed by atoms with Gasteiger partial charge >= 0.3 is 6.01 Å². The maximum absolute atomic E-state index is 13.5. The smallest absolute Gasteiger partial charge is 0.322 e. The van der Waals surface area contributed by atoms with Gasteiger partial charge in [-0.25, -0.2) is 8.78 Å². The van der Waals surface area contributed by atoms with Gasteiger partial charge in [0.1, 0.15) is 17.3 Å². The molecule has 0 spiro atoms. The molecule has 0 aliphatic carbocycles. The average Bonchev–Trinajstić information content (AvgIpc) is 2.40. The number of hydrogen-bond donors (Lipinski definition) is 1. The molecule has 1 aromatic heterocycles. The summed E-state index contributed by atoms with van der Waals surface area (Å²) in [5.74, 6) is -1.63. The van der Waals surface area contributed by atoms with E-state index in [4.69, 9.17) is 16.3 Å². The molecule has 0 aliphatic rings. The quantitative estimate of drug-likeness (QED) is 0.917. The van der Waals surface area contributed by atoms with E-state index in [0.717, 1.165) is 18.6 Å². The fourth-order valence-corrected chi connectivity index (χ4v) is 1.53. The van der Waals surface area contributed by atoms with Gasteiger partial charge in [-0.05, 0) is 30.2 Å². The summed E-state index contributed by atoms with van der Waals surface area (Å²) in [7, 11) is 0. The number of hydrogen-bond acceptors (Lipinski definition) is 5. The predicted octanol–water partition coefficient (Wildman–Crippen LogP) is 3.34. The fraction of sp³-hybridized carbons (Fsp3) is 0.250. The fourth-order valence-electron chi connectivity index (χ4n) is 1.37. The number of nitrogens with zero attached hydrogens (tertiary/aromatic N) is 3. The molecule has 1 aromatic carbocycles. The van der Waals surface area contributed by atoms with Crippen molar-refractivity contribution in [1.82, 2.24) is 15.0 Å². The first-order valence-corrected chi connectivity index (χ1v) is 6.23. The minimum atomic E-state index is -0.766. The van der Waals surface area contributed by atoms with E-state index in [1.807, 2.05) is 6.92 Å². The second-order valence-corrected chi connectivity index (χ2v) is 4.12. The Balaban J connectivity index is 2.27. The zero-order chi connectivity index (χ0) is 14.5. The molecule has 2 rings (SSSR count). The number of aromatic nitrogens is 3. The summed E-state index contributed by atoms with van der Waals surface area (Å²) in [5.41, 5.74) is -0.365. The minimum Gasteiger partial charge on any atom is -0.463 e. The third kappa shape index (κ3) is 3.51. The lowest BCUT2D eigenvalue weighted by atomic mass is 10.3. The monoisotopic (exact) mass is 300 g/mol. The summed E-state index contributed by atoms with van der Waals surface area (Å²) < 4.78 is 32.2. The van der Waals surface area contributed by atoms with Gasteiger partial charge in [-0.15, -0.1) is 0 Å². The minimum absolute atomic E-state index is 0.00824. The summed E-state index contributed by atoms with van der Waals surface area (Å²) >= 11 is 5.71. The second-order valence-electron chi connectivity index (χ2n) is 3.78. The lowest BCUT2D eigenvalue weighted by Gasteiger charge is -2.08. The van der Waals surface area contributed by atoms with Crippen molar-refractivity contribution in [3.63, 3.8) is 0 Å². The van der Waals surface area contributed by atoms with E-state index >= 15 is 0 Å². The van der Waals surface area contributed by atoms with Crippen molar-refractivity contribution in [2.75, 3.05) is 11.9 Å². The highest BCUT2D eigenvalue weighted by Gasteiger charge is 2.12. The average molecular weight is 301 g/mol. The van der Waals surface area contributed by atoms with Crippen molar-refractivity contribution in [3.05, 3.63) is 35.1 Å². The highest BCUT2D eigenvalue weighted by molar-refractivity contribution is 6.28. The molecule has 5 nitrogen and oxygen atoms in total. The number of nitrogens with one attached hydrogen (secondary N) is 1. The molecule has 0 saturated carbocycles. The number of para-hydroxylation sites is 1. The Kier molecular flexibility index (Phi) is 4.62. The molecular weight excluding hydrogens is 290 g/mol. The van der Waals surface area contributed by atoms with Crippen LogP contribution in [0.1, 0.15) is 13.3 Å². The third-order valence-corrected chi connectivity index (χ3v) is 2.39. The molecule has 1 N–H and O–H groups in total. The molecule has 106 valence electrons. The molecule has 0 fully saturated rings. The number of ether oxygens (including phenoxy) is 1. The Morgan fingerprint density at radius 3 is 2.55 bits per heavy atom. The maximum Gasteiger partial charge on any atom is 0.322 e. The lowest BCUT2D eigenvalue weighted by molar-refractivity contribution is 0.292. The summed E-state index contributed by atoms with van der Waals surface area (Å²) in [6, 6.07) is 3.48. The van der Waals surface area contributed by atoms with Crippen LogP contribution in [0.25, 0.3) is 0 Å². The largest absolute Gasteiger partial charge is 0.463 e. The van der Waals surface area contributed by atoms with Crippen LogP contribution in [0.3, 0.4) is 0 Å². The molecule has 0 atom stereocenters. The molecule has 20 heavy (non-hydrogen) atoms. The predicted molar refractivity (Wildman–Crippen MR) is 70.3 cm³/mol. The topological polar surface area (TPSA) is 59.9 Å². The van der Waals surface area contributed by atoms with Crippen LogP contribution in [-0.4, -0.2) is 21.6 Å².